The van der Waals surface area contributed by atoms with Gasteiger partial charge in [0, 0.05) is 23.5 Å². The summed E-state index contributed by atoms with van der Waals surface area (Å²) in [5, 5.41) is 12.4. The van der Waals surface area contributed by atoms with E-state index in [1.165, 1.54) is 0 Å². The predicted molar refractivity (Wildman–Crippen MR) is 104 cm³/mol. The van der Waals surface area contributed by atoms with Crippen molar-refractivity contribution in [3.05, 3.63) is 72.1 Å². The van der Waals surface area contributed by atoms with Crippen molar-refractivity contribution >= 4 is 17.5 Å². The largest absolute Gasteiger partial charge is 0.457 e. The summed E-state index contributed by atoms with van der Waals surface area (Å²) in [7, 11) is 0. The van der Waals surface area contributed by atoms with Crippen LogP contribution in [0.5, 0.6) is 11.5 Å². The van der Waals surface area contributed by atoms with Gasteiger partial charge in [-0.3, -0.25) is 14.7 Å². The Labute approximate surface area is 162 Å². The lowest BCUT2D eigenvalue weighted by molar-refractivity contribution is -0.136. The zero-order valence-electron chi connectivity index (χ0n) is 15.1. The Morgan fingerprint density at radius 3 is 2.71 bits per heavy atom. The zero-order chi connectivity index (χ0) is 19.3. The molecule has 4 rings (SSSR count). The number of aryl methyl sites for hydroxylation is 1. The van der Waals surface area contributed by atoms with Crippen LogP contribution in [0.3, 0.4) is 0 Å². The van der Waals surface area contributed by atoms with Crippen LogP contribution in [-0.4, -0.2) is 28.1 Å². The quantitative estimate of drug-likeness (QED) is 0.610. The Morgan fingerprint density at radius 2 is 1.86 bits per heavy atom. The van der Waals surface area contributed by atoms with E-state index in [9.17, 15) is 9.59 Å². The van der Waals surface area contributed by atoms with E-state index in [1.54, 1.807) is 30.5 Å². The van der Waals surface area contributed by atoms with Gasteiger partial charge in [0.2, 0.25) is 0 Å². The van der Waals surface area contributed by atoms with Crippen molar-refractivity contribution < 1.29 is 14.3 Å². The second kappa shape index (κ2) is 7.96. The molecule has 1 aliphatic rings. The molecule has 3 N–H and O–H groups in total. The number of nitrogens with zero attached hydrogens (tertiary/aromatic N) is 1. The van der Waals surface area contributed by atoms with Crippen LogP contribution >= 0.6 is 0 Å². The highest BCUT2D eigenvalue weighted by Gasteiger charge is 2.24. The maximum absolute atomic E-state index is 12.3. The fraction of sp³-hybridized carbons (Fsp3) is 0.190. The number of H-pyrrole nitrogens is 1. The lowest BCUT2D eigenvalue weighted by Gasteiger charge is -2.22. The highest BCUT2D eigenvalue weighted by atomic mass is 16.5. The lowest BCUT2D eigenvalue weighted by Crippen LogP contribution is -2.44. The van der Waals surface area contributed by atoms with Crippen molar-refractivity contribution in [3.63, 3.8) is 0 Å². The summed E-state index contributed by atoms with van der Waals surface area (Å²) >= 11 is 0. The van der Waals surface area contributed by atoms with Gasteiger partial charge in [-0.2, -0.15) is 5.10 Å². The average molecular weight is 376 g/mol. The first-order valence-electron chi connectivity index (χ1n) is 9.13. The summed E-state index contributed by atoms with van der Waals surface area (Å²) in [6, 6.07) is 16.2. The third kappa shape index (κ3) is 4.20. The first kappa shape index (κ1) is 17.8. The molecule has 0 saturated carbocycles. The number of para-hydroxylation sites is 1. The van der Waals surface area contributed by atoms with Gasteiger partial charge in [-0.25, -0.2) is 0 Å². The van der Waals surface area contributed by atoms with Crippen molar-refractivity contribution in [2.75, 3.05) is 5.32 Å². The second-order valence-corrected chi connectivity index (χ2v) is 6.68. The monoisotopic (exact) mass is 376 g/mol. The van der Waals surface area contributed by atoms with E-state index in [-0.39, 0.29) is 6.04 Å². The van der Waals surface area contributed by atoms with E-state index < -0.39 is 11.8 Å². The van der Waals surface area contributed by atoms with Crippen LogP contribution in [0.15, 0.2) is 60.8 Å². The highest BCUT2D eigenvalue weighted by molar-refractivity contribution is 6.39. The second-order valence-electron chi connectivity index (χ2n) is 6.68. The van der Waals surface area contributed by atoms with Gasteiger partial charge in [0.05, 0.1) is 6.20 Å². The number of hydrogen-bond donors (Lipinski definition) is 3. The Hall–Kier alpha value is -3.61. The number of aromatic nitrogens is 2. The Bertz CT molecular complexity index is 984. The number of hydrogen-bond acceptors (Lipinski definition) is 4. The van der Waals surface area contributed by atoms with Crippen LogP contribution in [-0.2, 0) is 22.4 Å². The molecule has 1 aromatic heterocycles. The minimum absolute atomic E-state index is 0.0731. The van der Waals surface area contributed by atoms with Crippen LogP contribution in [0.25, 0.3) is 0 Å². The van der Waals surface area contributed by atoms with E-state index in [2.05, 4.69) is 20.8 Å². The maximum atomic E-state index is 12.3. The fourth-order valence-corrected chi connectivity index (χ4v) is 3.24. The minimum atomic E-state index is -0.699. The smallest absolute Gasteiger partial charge is 0.313 e. The van der Waals surface area contributed by atoms with Gasteiger partial charge in [-0.1, -0.05) is 24.3 Å². The molecule has 0 fully saturated rings. The van der Waals surface area contributed by atoms with Crippen molar-refractivity contribution in [1.29, 1.82) is 0 Å². The third-order valence-electron chi connectivity index (χ3n) is 4.63. The molecule has 142 valence electrons. The van der Waals surface area contributed by atoms with E-state index in [0.29, 0.717) is 23.6 Å². The standard InChI is InChI=1S/C21H20N4O3/c26-20(21(27)24-16-9-10-19-14(11-16)13-22-25-19)23-15-5-4-8-18(12-15)28-17-6-2-1-3-7-17/h1-8,12-13,16H,9-11H2,(H,22,25)(H,23,26)(H,24,27)/t16-/m1/s1. The molecule has 0 spiro atoms. The topological polar surface area (TPSA) is 96.1 Å². The molecule has 0 bridgehead atoms. The normalized spacial score (nSPS) is 15.4. The predicted octanol–water partition coefficient (Wildman–Crippen LogP) is 2.81. The van der Waals surface area contributed by atoms with Gasteiger partial charge in [-0.05, 0) is 49.1 Å². The molecule has 3 aromatic rings. The van der Waals surface area contributed by atoms with Crippen LogP contribution in [0.1, 0.15) is 17.7 Å². The fourth-order valence-electron chi connectivity index (χ4n) is 3.24. The van der Waals surface area contributed by atoms with Crippen LogP contribution in [0.4, 0.5) is 5.69 Å². The first-order valence-corrected chi connectivity index (χ1v) is 9.13. The number of amides is 2. The number of aromatic amines is 1. The molecule has 1 heterocycles. The van der Waals surface area contributed by atoms with Crippen molar-refractivity contribution in [1.82, 2.24) is 15.5 Å². The molecule has 1 atom stereocenters. The summed E-state index contributed by atoms with van der Waals surface area (Å²) in [5.74, 6) is -0.0787. The Kier molecular flexibility index (Phi) is 5.05. The zero-order valence-corrected chi connectivity index (χ0v) is 15.1. The van der Waals surface area contributed by atoms with E-state index in [1.807, 2.05) is 30.3 Å². The number of fused-ring (bicyclic) bond motifs is 1. The van der Waals surface area contributed by atoms with Crippen LogP contribution < -0.4 is 15.4 Å². The molecule has 1 aliphatic carbocycles. The van der Waals surface area contributed by atoms with E-state index in [4.69, 9.17) is 4.74 Å². The minimum Gasteiger partial charge on any atom is -0.457 e. The van der Waals surface area contributed by atoms with Crippen LogP contribution in [0, 0.1) is 0 Å². The molecular formula is C21H20N4O3. The lowest BCUT2D eigenvalue weighted by atomic mass is 9.93. The third-order valence-corrected chi connectivity index (χ3v) is 4.63. The van der Waals surface area contributed by atoms with Gasteiger partial charge < -0.3 is 15.4 Å². The van der Waals surface area contributed by atoms with Gasteiger partial charge in [-0.15, -0.1) is 0 Å². The number of nitrogens with one attached hydrogen (secondary N) is 3. The highest BCUT2D eigenvalue weighted by Crippen LogP contribution is 2.24. The average Bonchev–Trinajstić information content (AvgIpc) is 3.17. The van der Waals surface area contributed by atoms with Gasteiger partial charge in [0.25, 0.3) is 0 Å². The van der Waals surface area contributed by atoms with Gasteiger partial charge in [0.1, 0.15) is 11.5 Å². The number of anilines is 1. The molecular weight excluding hydrogens is 356 g/mol. The van der Waals surface area contributed by atoms with Crippen molar-refractivity contribution in [2.24, 2.45) is 0 Å². The molecule has 28 heavy (non-hydrogen) atoms. The first-order chi connectivity index (χ1) is 13.7. The van der Waals surface area contributed by atoms with E-state index >= 15 is 0 Å². The number of carbonyl (C=O) groups is 2. The molecule has 2 amide bonds. The van der Waals surface area contributed by atoms with Crippen LogP contribution in [0.2, 0.25) is 0 Å². The number of carbonyl (C=O) groups excluding carboxylic acids is 2. The summed E-state index contributed by atoms with van der Waals surface area (Å²) in [6.07, 6.45) is 4.02. The summed E-state index contributed by atoms with van der Waals surface area (Å²) in [4.78, 5) is 24.5. The molecule has 7 nitrogen and oxygen atoms in total. The molecule has 0 saturated heterocycles. The number of benzene rings is 2. The summed E-state index contributed by atoms with van der Waals surface area (Å²) < 4.78 is 5.75. The molecule has 2 aromatic carbocycles. The molecule has 0 unspecified atom stereocenters. The number of ether oxygens (including phenoxy) is 1. The van der Waals surface area contributed by atoms with Gasteiger partial charge >= 0.3 is 11.8 Å². The molecule has 0 radical (unpaired) electrons. The van der Waals surface area contributed by atoms with Gasteiger partial charge in [0.15, 0.2) is 0 Å². The SMILES string of the molecule is O=C(Nc1cccc(Oc2ccccc2)c1)C(=O)N[C@@H]1CCc2[nH]ncc2C1. The summed E-state index contributed by atoms with van der Waals surface area (Å²) in [6.45, 7) is 0. The molecule has 0 aliphatic heterocycles. The Balaban J connectivity index is 1.34. The maximum Gasteiger partial charge on any atom is 0.313 e. The van der Waals surface area contributed by atoms with Crippen molar-refractivity contribution in [2.45, 2.75) is 25.3 Å². The number of rotatable bonds is 4. The van der Waals surface area contributed by atoms with E-state index in [0.717, 1.165) is 24.1 Å². The van der Waals surface area contributed by atoms with Crippen molar-refractivity contribution in [3.8, 4) is 11.5 Å². The summed E-state index contributed by atoms with van der Waals surface area (Å²) in [5.41, 5.74) is 2.68. The Morgan fingerprint density at radius 1 is 1.04 bits per heavy atom. The molecule has 7 heteroatoms.